The second kappa shape index (κ2) is 6.60. The van der Waals surface area contributed by atoms with Crippen molar-refractivity contribution in [2.24, 2.45) is 0 Å². The number of hydrogen-bond donors (Lipinski definition) is 1. The van der Waals surface area contributed by atoms with Gasteiger partial charge in [-0.1, -0.05) is 40.2 Å². The number of benzene rings is 2. The molecule has 0 atom stereocenters. The second-order valence-corrected chi connectivity index (χ2v) is 5.92. The van der Waals surface area contributed by atoms with Crippen molar-refractivity contribution in [2.75, 3.05) is 6.54 Å². The molecule has 0 aliphatic carbocycles. The van der Waals surface area contributed by atoms with Gasteiger partial charge in [0, 0.05) is 11.0 Å². The normalized spacial score (nSPS) is 14.2. The smallest absolute Gasteiger partial charge is 0.312 e. The summed E-state index contributed by atoms with van der Waals surface area (Å²) in [4.78, 5) is 0. The minimum atomic E-state index is -4.32. The van der Waals surface area contributed by atoms with E-state index in [9.17, 15) is 13.2 Å². The van der Waals surface area contributed by atoms with Crippen molar-refractivity contribution in [3.05, 3.63) is 57.6 Å². The number of halogens is 5. The Morgan fingerprint density at radius 2 is 1.82 bits per heavy atom. The Kier molecular flexibility index (Phi) is 5.20. The van der Waals surface area contributed by atoms with Crippen molar-refractivity contribution < 1.29 is 13.2 Å². The lowest BCUT2D eigenvalue weighted by Gasteiger charge is -2.21. The third kappa shape index (κ3) is 3.31. The first-order chi connectivity index (χ1) is 9.97. The zero-order chi connectivity index (χ0) is 15.0. The molecular formula is C16H14BrClF3N. The molecule has 1 N–H and O–H groups in total. The molecule has 1 aliphatic rings. The number of hydrogen-bond acceptors (Lipinski definition) is 1. The van der Waals surface area contributed by atoms with E-state index in [2.05, 4.69) is 27.3 Å². The predicted molar refractivity (Wildman–Crippen MR) is 87.2 cm³/mol. The van der Waals surface area contributed by atoms with E-state index in [1.165, 1.54) is 11.1 Å². The molecule has 1 nitrogen and oxygen atoms in total. The Labute approximate surface area is 141 Å². The van der Waals surface area contributed by atoms with Crippen molar-refractivity contribution in [3.8, 4) is 11.1 Å². The van der Waals surface area contributed by atoms with Crippen molar-refractivity contribution in [2.45, 2.75) is 19.1 Å². The van der Waals surface area contributed by atoms with Gasteiger partial charge in [0.05, 0.1) is 5.56 Å². The van der Waals surface area contributed by atoms with Crippen LogP contribution in [0, 0.1) is 0 Å². The fraction of sp³-hybridized carbons (Fsp3) is 0.250. The van der Waals surface area contributed by atoms with E-state index in [0.717, 1.165) is 42.8 Å². The highest BCUT2D eigenvalue weighted by atomic mass is 79.9. The van der Waals surface area contributed by atoms with Gasteiger partial charge in [-0.3, -0.25) is 0 Å². The summed E-state index contributed by atoms with van der Waals surface area (Å²) in [6.07, 6.45) is -3.43. The van der Waals surface area contributed by atoms with Gasteiger partial charge in [-0.2, -0.15) is 13.2 Å². The zero-order valence-electron chi connectivity index (χ0n) is 11.5. The quantitative estimate of drug-likeness (QED) is 0.703. The average Bonchev–Trinajstić information content (AvgIpc) is 2.46. The van der Waals surface area contributed by atoms with E-state index in [1.807, 2.05) is 12.1 Å². The Morgan fingerprint density at radius 1 is 1.05 bits per heavy atom. The van der Waals surface area contributed by atoms with Gasteiger partial charge in [0.2, 0.25) is 0 Å². The van der Waals surface area contributed by atoms with Crippen LogP contribution in [0.4, 0.5) is 13.2 Å². The SMILES string of the molecule is Cl.FC(F)(F)c1ccc(-c2cccc3c2CCNC3)c(Br)c1. The molecule has 1 heterocycles. The van der Waals surface area contributed by atoms with Gasteiger partial charge in [0.25, 0.3) is 0 Å². The van der Waals surface area contributed by atoms with Crippen molar-refractivity contribution in [1.29, 1.82) is 0 Å². The summed E-state index contributed by atoms with van der Waals surface area (Å²) < 4.78 is 38.7. The van der Waals surface area contributed by atoms with Crippen LogP contribution in [0.25, 0.3) is 11.1 Å². The highest BCUT2D eigenvalue weighted by Crippen LogP contribution is 2.37. The maximum Gasteiger partial charge on any atom is 0.416 e. The van der Waals surface area contributed by atoms with Crippen molar-refractivity contribution in [3.63, 3.8) is 0 Å². The second-order valence-electron chi connectivity index (χ2n) is 5.06. The minimum absolute atomic E-state index is 0. The molecule has 0 spiro atoms. The summed E-state index contributed by atoms with van der Waals surface area (Å²) in [6, 6.07) is 9.81. The van der Waals surface area contributed by atoms with E-state index >= 15 is 0 Å². The third-order valence-electron chi connectivity index (χ3n) is 3.73. The number of alkyl halides is 3. The molecule has 0 aromatic heterocycles. The summed E-state index contributed by atoms with van der Waals surface area (Å²) in [5.41, 5.74) is 3.61. The Balaban J connectivity index is 0.00000176. The molecule has 0 bridgehead atoms. The van der Waals surface area contributed by atoms with Gasteiger partial charge in [0.15, 0.2) is 0 Å². The molecule has 1 aliphatic heterocycles. The standard InChI is InChI=1S/C16H13BrF3N.ClH/c17-15-8-11(16(18,19)20)4-5-14(15)13-3-1-2-10-9-21-7-6-12(10)13;/h1-5,8,21H,6-7,9H2;1H. The number of rotatable bonds is 1. The van der Waals surface area contributed by atoms with Gasteiger partial charge in [-0.25, -0.2) is 0 Å². The van der Waals surface area contributed by atoms with Crippen LogP contribution in [0.5, 0.6) is 0 Å². The molecule has 2 aromatic rings. The van der Waals surface area contributed by atoms with Gasteiger partial charge in [-0.15, -0.1) is 12.4 Å². The van der Waals surface area contributed by atoms with Gasteiger partial charge >= 0.3 is 6.18 Å². The molecular weight excluding hydrogens is 379 g/mol. The van der Waals surface area contributed by atoms with Crippen molar-refractivity contribution in [1.82, 2.24) is 5.32 Å². The zero-order valence-corrected chi connectivity index (χ0v) is 13.9. The first-order valence-electron chi connectivity index (χ1n) is 6.65. The molecule has 0 radical (unpaired) electrons. The van der Waals surface area contributed by atoms with Crippen molar-refractivity contribution >= 4 is 28.3 Å². The molecule has 3 rings (SSSR count). The summed E-state index contributed by atoms with van der Waals surface area (Å²) in [5, 5.41) is 3.30. The number of fused-ring (bicyclic) bond motifs is 1. The summed E-state index contributed by atoms with van der Waals surface area (Å²) in [5.74, 6) is 0. The molecule has 0 saturated heterocycles. The minimum Gasteiger partial charge on any atom is -0.312 e. The Hall–Kier alpha value is -1.04. The Morgan fingerprint density at radius 3 is 2.50 bits per heavy atom. The van der Waals surface area contributed by atoms with E-state index in [1.54, 1.807) is 6.07 Å². The fourth-order valence-corrected chi connectivity index (χ4v) is 3.29. The summed E-state index contributed by atoms with van der Waals surface area (Å²) in [7, 11) is 0. The van der Waals surface area contributed by atoms with E-state index in [0.29, 0.717) is 4.47 Å². The van der Waals surface area contributed by atoms with Crippen LogP contribution in [0.1, 0.15) is 16.7 Å². The Bertz CT molecular complexity index is 686. The average molecular weight is 393 g/mol. The molecule has 0 amide bonds. The van der Waals surface area contributed by atoms with Crippen LogP contribution in [0.2, 0.25) is 0 Å². The molecule has 2 aromatic carbocycles. The maximum atomic E-state index is 12.7. The van der Waals surface area contributed by atoms with E-state index in [-0.39, 0.29) is 12.4 Å². The number of nitrogens with one attached hydrogen (secondary N) is 1. The highest BCUT2D eigenvalue weighted by molar-refractivity contribution is 9.10. The van der Waals surface area contributed by atoms with Crippen LogP contribution in [-0.2, 0) is 19.1 Å². The molecule has 6 heteroatoms. The third-order valence-corrected chi connectivity index (χ3v) is 4.38. The van der Waals surface area contributed by atoms with Crippen LogP contribution in [-0.4, -0.2) is 6.54 Å². The van der Waals surface area contributed by atoms with E-state index in [4.69, 9.17) is 0 Å². The molecule has 0 saturated carbocycles. The first kappa shape index (κ1) is 17.3. The van der Waals surface area contributed by atoms with Gasteiger partial charge in [0.1, 0.15) is 0 Å². The lowest BCUT2D eigenvalue weighted by molar-refractivity contribution is -0.137. The summed E-state index contributed by atoms with van der Waals surface area (Å²) in [6.45, 7) is 1.70. The lowest BCUT2D eigenvalue weighted by atomic mass is 9.91. The molecule has 118 valence electrons. The van der Waals surface area contributed by atoms with Gasteiger partial charge in [-0.05, 0) is 47.4 Å². The monoisotopic (exact) mass is 391 g/mol. The van der Waals surface area contributed by atoms with Crippen LogP contribution < -0.4 is 5.32 Å². The van der Waals surface area contributed by atoms with E-state index < -0.39 is 11.7 Å². The van der Waals surface area contributed by atoms with Gasteiger partial charge < -0.3 is 5.32 Å². The van der Waals surface area contributed by atoms with Crippen LogP contribution in [0.15, 0.2) is 40.9 Å². The van der Waals surface area contributed by atoms with Crippen LogP contribution in [0.3, 0.4) is 0 Å². The highest BCUT2D eigenvalue weighted by Gasteiger charge is 2.31. The maximum absolute atomic E-state index is 12.7. The molecule has 0 unspecified atom stereocenters. The summed E-state index contributed by atoms with van der Waals surface area (Å²) >= 11 is 3.29. The largest absolute Gasteiger partial charge is 0.416 e. The molecule has 0 fully saturated rings. The molecule has 22 heavy (non-hydrogen) atoms. The predicted octanol–water partition coefficient (Wildman–Crippen LogP) is 5.20. The lowest BCUT2D eigenvalue weighted by Crippen LogP contribution is -2.24. The fourth-order valence-electron chi connectivity index (χ4n) is 2.69. The first-order valence-corrected chi connectivity index (χ1v) is 7.45. The topological polar surface area (TPSA) is 12.0 Å². The van der Waals surface area contributed by atoms with Crippen LogP contribution >= 0.6 is 28.3 Å².